The van der Waals surface area contributed by atoms with Crippen LogP contribution >= 0.6 is 0 Å². The molecule has 0 saturated heterocycles. The first-order valence-corrected chi connectivity index (χ1v) is 6.56. The largest absolute Gasteiger partial charge is 0.348 e. The van der Waals surface area contributed by atoms with Crippen molar-refractivity contribution < 1.29 is 4.79 Å². The molecule has 0 bridgehead atoms. The van der Waals surface area contributed by atoms with Crippen LogP contribution in [0.5, 0.6) is 0 Å². The van der Waals surface area contributed by atoms with Gasteiger partial charge in [-0.2, -0.15) is 0 Å². The third kappa shape index (κ3) is 2.88. The van der Waals surface area contributed by atoms with Crippen LogP contribution in [0, 0.1) is 5.41 Å². The maximum Gasteiger partial charge on any atom is 0.221 e. The number of pyridine rings is 1. The minimum Gasteiger partial charge on any atom is -0.348 e. The lowest BCUT2D eigenvalue weighted by atomic mass is 9.66. The first-order valence-electron chi connectivity index (χ1n) is 6.56. The second-order valence-corrected chi connectivity index (χ2v) is 5.28. The van der Waals surface area contributed by atoms with Gasteiger partial charge in [0.15, 0.2) is 0 Å². The molecule has 18 heavy (non-hydrogen) atoms. The molecule has 1 heterocycles. The summed E-state index contributed by atoms with van der Waals surface area (Å²) in [7, 11) is 0. The zero-order valence-electron chi connectivity index (χ0n) is 10.9. The molecule has 1 aromatic heterocycles. The SMILES string of the molecule is C[C@@H](NC(=O)CC1(CN)CCC1)c1ccccn1. The Hall–Kier alpha value is -1.42. The van der Waals surface area contributed by atoms with Crippen LogP contribution in [0.4, 0.5) is 0 Å². The maximum atomic E-state index is 12.0. The van der Waals surface area contributed by atoms with Gasteiger partial charge in [0.05, 0.1) is 11.7 Å². The lowest BCUT2D eigenvalue weighted by Crippen LogP contribution is -2.42. The van der Waals surface area contributed by atoms with E-state index in [-0.39, 0.29) is 17.4 Å². The van der Waals surface area contributed by atoms with Gasteiger partial charge in [0.2, 0.25) is 5.91 Å². The molecule has 0 radical (unpaired) electrons. The van der Waals surface area contributed by atoms with Gasteiger partial charge in [-0.25, -0.2) is 0 Å². The van der Waals surface area contributed by atoms with E-state index < -0.39 is 0 Å². The first-order chi connectivity index (χ1) is 8.65. The van der Waals surface area contributed by atoms with Crippen molar-refractivity contribution >= 4 is 5.91 Å². The van der Waals surface area contributed by atoms with E-state index in [4.69, 9.17) is 5.73 Å². The Labute approximate surface area is 108 Å². The first kappa shape index (κ1) is 13.0. The number of hydrogen-bond acceptors (Lipinski definition) is 3. The molecule has 98 valence electrons. The molecular formula is C14H21N3O. The summed E-state index contributed by atoms with van der Waals surface area (Å²) in [6.45, 7) is 2.56. The van der Waals surface area contributed by atoms with Crippen molar-refractivity contribution in [3.63, 3.8) is 0 Å². The zero-order valence-corrected chi connectivity index (χ0v) is 10.9. The van der Waals surface area contributed by atoms with E-state index in [9.17, 15) is 4.79 Å². The molecule has 4 heteroatoms. The van der Waals surface area contributed by atoms with Gasteiger partial charge in [0.1, 0.15) is 0 Å². The van der Waals surface area contributed by atoms with Gasteiger partial charge in [0, 0.05) is 12.6 Å². The Balaban J connectivity index is 1.88. The number of carbonyl (C=O) groups excluding carboxylic acids is 1. The average Bonchev–Trinajstić information content (AvgIpc) is 2.35. The quantitative estimate of drug-likeness (QED) is 0.833. The summed E-state index contributed by atoms with van der Waals surface area (Å²) in [6.07, 6.45) is 5.63. The van der Waals surface area contributed by atoms with Crippen molar-refractivity contribution in [3.05, 3.63) is 30.1 Å². The van der Waals surface area contributed by atoms with Gasteiger partial charge >= 0.3 is 0 Å². The van der Waals surface area contributed by atoms with Gasteiger partial charge in [-0.15, -0.1) is 0 Å². The van der Waals surface area contributed by atoms with Crippen LogP contribution in [-0.4, -0.2) is 17.4 Å². The van der Waals surface area contributed by atoms with Crippen molar-refractivity contribution in [2.45, 2.75) is 38.6 Å². The van der Waals surface area contributed by atoms with E-state index >= 15 is 0 Å². The Bertz CT molecular complexity index is 395. The Morgan fingerprint density at radius 2 is 2.33 bits per heavy atom. The number of nitrogens with zero attached hydrogens (tertiary/aromatic N) is 1. The highest BCUT2D eigenvalue weighted by Gasteiger charge is 2.37. The Morgan fingerprint density at radius 3 is 2.83 bits per heavy atom. The van der Waals surface area contributed by atoms with E-state index in [2.05, 4.69) is 10.3 Å². The van der Waals surface area contributed by atoms with E-state index in [0.717, 1.165) is 18.5 Å². The van der Waals surface area contributed by atoms with E-state index in [1.165, 1.54) is 6.42 Å². The molecule has 1 amide bonds. The lowest BCUT2D eigenvalue weighted by molar-refractivity contribution is -0.125. The van der Waals surface area contributed by atoms with E-state index in [1.807, 2.05) is 25.1 Å². The second-order valence-electron chi connectivity index (χ2n) is 5.28. The van der Waals surface area contributed by atoms with Crippen LogP contribution in [0.25, 0.3) is 0 Å². The van der Waals surface area contributed by atoms with Crippen LogP contribution in [-0.2, 0) is 4.79 Å². The summed E-state index contributed by atoms with van der Waals surface area (Å²) < 4.78 is 0. The number of carbonyl (C=O) groups is 1. The summed E-state index contributed by atoms with van der Waals surface area (Å²) in [5.74, 6) is 0.0818. The van der Waals surface area contributed by atoms with Gasteiger partial charge < -0.3 is 11.1 Å². The monoisotopic (exact) mass is 247 g/mol. The molecule has 1 aliphatic rings. The number of aromatic nitrogens is 1. The molecule has 1 aliphatic carbocycles. The molecule has 3 N–H and O–H groups in total. The molecule has 1 atom stereocenters. The fourth-order valence-electron chi connectivity index (χ4n) is 2.47. The van der Waals surface area contributed by atoms with Crippen LogP contribution in [0.1, 0.15) is 44.3 Å². The zero-order chi connectivity index (χ0) is 13.0. The Morgan fingerprint density at radius 1 is 1.56 bits per heavy atom. The minimum atomic E-state index is -0.0476. The van der Waals surface area contributed by atoms with Crippen LogP contribution in [0.3, 0.4) is 0 Å². The highest BCUT2D eigenvalue weighted by atomic mass is 16.1. The highest BCUT2D eigenvalue weighted by molar-refractivity contribution is 5.77. The third-order valence-electron chi connectivity index (χ3n) is 3.89. The molecule has 0 aromatic carbocycles. The smallest absolute Gasteiger partial charge is 0.221 e. The van der Waals surface area contributed by atoms with Gasteiger partial charge in [0.25, 0.3) is 0 Å². The summed E-state index contributed by atoms with van der Waals surface area (Å²) in [6, 6.07) is 5.68. The van der Waals surface area contributed by atoms with Crippen molar-refractivity contribution in [2.75, 3.05) is 6.54 Å². The highest BCUT2D eigenvalue weighted by Crippen LogP contribution is 2.42. The third-order valence-corrected chi connectivity index (χ3v) is 3.89. The van der Waals surface area contributed by atoms with Crippen molar-refractivity contribution in [3.8, 4) is 0 Å². The standard InChI is InChI=1S/C14H21N3O/c1-11(12-5-2-3-8-16-12)17-13(18)9-14(10-15)6-4-7-14/h2-3,5,8,11H,4,6-7,9-10,15H2,1H3,(H,17,18)/t11-/m1/s1. The van der Waals surface area contributed by atoms with Crippen LogP contribution < -0.4 is 11.1 Å². The van der Waals surface area contributed by atoms with Crippen LogP contribution in [0.2, 0.25) is 0 Å². The summed E-state index contributed by atoms with van der Waals surface area (Å²) in [5, 5.41) is 3.00. The summed E-state index contributed by atoms with van der Waals surface area (Å²) >= 11 is 0. The molecule has 1 fully saturated rings. The minimum absolute atomic E-state index is 0.0476. The normalized spacial score (nSPS) is 18.8. The second kappa shape index (κ2) is 5.48. The number of rotatable bonds is 5. The van der Waals surface area contributed by atoms with Gasteiger partial charge in [-0.3, -0.25) is 9.78 Å². The van der Waals surface area contributed by atoms with Crippen molar-refractivity contribution in [2.24, 2.45) is 11.1 Å². The predicted molar refractivity (Wildman–Crippen MR) is 70.8 cm³/mol. The number of amides is 1. The topological polar surface area (TPSA) is 68.0 Å². The molecule has 0 spiro atoms. The molecule has 0 unspecified atom stereocenters. The molecular weight excluding hydrogens is 226 g/mol. The lowest BCUT2D eigenvalue weighted by Gasteiger charge is -2.40. The molecule has 1 saturated carbocycles. The average molecular weight is 247 g/mol. The van der Waals surface area contributed by atoms with E-state index in [1.54, 1.807) is 6.20 Å². The summed E-state index contributed by atoms with van der Waals surface area (Å²) in [5.41, 5.74) is 6.72. The molecule has 2 rings (SSSR count). The van der Waals surface area contributed by atoms with Crippen LogP contribution in [0.15, 0.2) is 24.4 Å². The molecule has 4 nitrogen and oxygen atoms in total. The number of nitrogens with two attached hydrogens (primary N) is 1. The molecule has 0 aliphatic heterocycles. The summed E-state index contributed by atoms with van der Waals surface area (Å²) in [4.78, 5) is 16.2. The van der Waals surface area contributed by atoms with Crippen molar-refractivity contribution in [1.29, 1.82) is 0 Å². The molecule has 1 aromatic rings. The fourth-order valence-corrected chi connectivity index (χ4v) is 2.47. The van der Waals surface area contributed by atoms with Gasteiger partial charge in [-0.1, -0.05) is 12.5 Å². The van der Waals surface area contributed by atoms with Crippen molar-refractivity contribution in [1.82, 2.24) is 10.3 Å². The number of hydrogen-bond donors (Lipinski definition) is 2. The van der Waals surface area contributed by atoms with Gasteiger partial charge in [-0.05, 0) is 43.9 Å². The maximum absolute atomic E-state index is 12.0. The van der Waals surface area contributed by atoms with E-state index in [0.29, 0.717) is 13.0 Å². The predicted octanol–water partition coefficient (Wildman–Crippen LogP) is 1.78. The Kier molecular flexibility index (Phi) is 3.97. The fraction of sp³-hybridized carbons (Fsp3) is 0.571. The number of nitrogens with one attached hydrogen (secondary N) is 1.